The molecule has 84 valence electrons. The van der Waals surface area contributed by atoms with Crippen LogP contribution in [-0.4, -0.2) is 33.2 Å². The Kier molecular flexibility index (Phi) is 5.74. The Hall–Kier alpha value is 0.0300. The van der Waals surface area contributed by atoms with Crippen LogP contribution in [0.1, 0.15) is 13.3 Å². The molecular formula is C9H13ClN2OS2. The van der Waals surface area contributed by atoms with Crippen molar-refractivity contribution in [3.05, 3.63) is 11.2 Å². The predicted molar refractivity (Wildman–Crippen MR) is 65.8 cm³/mol. The molecule has 6 heteroatoms. The third-order valence-corrected chi connectivity index (χ3v) is 3.52. The molecule has 1 rings (SSSR count). The number of aliphatic hydroxyl groups is 1. The predicted octanol–water partition coefficient (Wildman–Crippen LogP) is 2.71. The highest BCUT2D eigenvalue weighted by atomic mass is 35.5. The van der Waals surface area contributed by atoms with Crippen LogP contribution in [0.4, 0.5) is 0 Å². The smallest absolute Gasteiger partial charge is 0.189 e. The van der Waals surface area contributed by atoms with Gasteiger partial charge in [-0.15, -0.1) is 11.8 Å². The highest BCUT2D eigenvalue weighted by Gasteiger charge is 2.07. The van der Waals surface area contributed by atoms with Gasteiger partial charge in [0.25, 0.3) is 0 Å². The molecule has 0 aliphatic rings. The van der Waals surface area contributed by atoms with Crippen LogP contribution < -0.4 is 0 Å². The zero-order chi connectivity index (χ0) is 11.3. The average molecular weight is 265 g/mol. The Labute approximate surface area is 103 Å². The summed E-state index contributed by atoms with van der Waals surface area (Å²) in [6, 6.07) is 1.75. The molecule has 0 aliphatic heterocycles. The summed E-state index contributed by atoms with van der Waals surface area (Å²) < 4.78 is 0. The zero-order valence-electron chi connectivity index (χ0n) is 8.61. The number of nitrogens with zero attached hydrogens (tertiary/aromatic N) is 2. The second-order valence-electron chi connectivity index (χ2n) is 2.96. The van der Waals surface area contributed by atoms with Gasteiger partial charge in [-0.1, -0.05) is 30.3 Å². The molecule has 1 N–H and O–H groups in total. The number of rotatable bonds is 5. The maximum absolute atomic E-state index is 8.79. The van der Waals surface area contributed by atoms with Crippen LogP contribution in [0.25, 0.3) is 0 Å². The van der Waals surface area contributed by atoms with Gasteiger partial charge in [0.1, 0.15) is 10.2 Å². The molecule has 0 saturated heterocycles. The van der Waals surface area contributed by atoms with E-state index >= 15 is 0 Å². The van der Waals surface area contributed by atoms with E-state index in [0.717, 1.165) is 11.4 Å². The van der Waals surface area contributed by atoms with Crippen LogP contribution in [0, 0.1) is 0 Å². The summed E-state index contributed by atoms with van der Waals surface area (Å²) >= 11 is 8.93. The van der Waals surface area contributed by atoms with Crippen molar-refractivity contribution >= 4 is 35.1 Å². The van der Waals surface area contributed by atoms with E-state index in [1.807, 2.05) is 6.26 Å². The molecule has 1 unspecified atom stereocenters. The lowest BCUT2D eigenvalue weighted by Crippen LogP contribution is -2.00. The largest absolute Gasteiger partial charge is 0.396 e. The van der Waals surface area contributed by atoms with E-state index in [-0.39, 0.29) is 6.61 Å². The van der Waals surface area contributed by atoms with Crippen molar-refractivity contribution in [1.29, 1.82) is 0 Å². The number of thioether (sulfide) groups is 2. The third kappa shape index (κ3) is 4.59. The van der Waals surface area contributed by atoms with E-state index in [0.29, 0.717) is 15.6 Å². The molecule has 0 saturated carbocycles. The lowest BCUT2D eigenvalue weighted by atomic mass is 10.3. The summed E-state index contributed by atoms with van der Waals surface area (Å²) in [7, 11) is 0. The van der Waals surface area contributed by atoms with Gasteiger partial charge in [0.2, 0.25) is 0 Å². The Balaban J connectivity index is 2.71. The molecule has 1 heterocycles. The molecule has 0 aromatic carbocycles. The third-order valence-electron chi connectivity index (χ3n) is 1.69. The lowest BCUT2D eigenvalue weighted by Gasteiger charge is -2.09. The molecule has 0 bridgehead atoms. The van der Waals surface area contributed by atoms with Gasteiger partial charge in [0, 0.05) is 17.9 Å². The van der Waals surface area contributed by atoms with Crippen molar-refractivity contribution in [3.63, 3.8) is 0 Å². The fraction of sp³-hybridized carbons (Fsp3) is 0.556. The molecule has 0 aliphatic carbocycles. The maximum atomic E-state index is 8.79. The summed E-state index contributed by atoms with van der Waals surface area (Å²) in [5.74, 6) is 0. The topological polar surface area (TPSA) is 46.0 Å². The van der Waals surface area contributed by atoms with Crippen molar-refractivity contribution in [2.24, 2.45) is 0 Å². The summed E-state index contributed by atoms with van der Waals surface area (Å²) in [4.78, 5) is 8.38. The maximum Gasteiger partial charge on any atom is 0.189 e. The van der Waals surface area contributed by atoms with E-state index in [4.69, 9.17) is 16.7 Å². The molecule has 0 amide bonds. The first kappa shape index (κ1) is 13.1. The van der Waals surface area contributed by atoms with Crippen LogP contribution in [0.5, 0.6) is 0 Å². The summed E-state index contributed by atoms with van der Waals surface area (Å²) in [5.41, 5.74) is 0. The fourth-order valence-electron chi connectivity index (χ4n) is 0.976. The molecule has 1 aromatic heterocycles. The van der Waals surface area contributed by atoms with Gasteiger partial charge < -0.3 is 5.11 Å². The van der Waals surface area contributed by atoms with Gasteiger partial charge in [0.15, 0.2) is 5.16 Å². The van der Waals surface area contributed by atoms with Crippen LogP contribution in [0.3, 0.4) is 0 Å². The van der Waals surface area contributed by atoms with Crippen LogP contribution >= 0.6 is 35.1 Å². The van der Waals surface area contributed by atoms with Gasteiger partial charge in [-0.25, -0.2) is 9.97 Å². The van der Waals surface area contributed by atoms with E-state index in [2.05, 4.69) is 16.9 Å². The Morgan fingerprint density at radius 3 is 2.87 bits per heavy atom. The van der Waals surface area contributed by atoms with E-state index in [1.54, 1.807) is 17.8 Å². The minimum absolute atomic E-state index is 0.197. The molecule has 1 atom stereocenters. The monoisotopic (exact) mass is 264 g/mol. The highest BCUT2D eigenvalue weighted by molar-refractivity contribution is 8.00. The Morgan fingerprint density at radius 2 is 2.27 bits per heavy atom. The molecule has 1 aromatic rings. The number of halogens is 1. The number of hydrogen-bond acceptors (Lipinski definition) is 5. The van der Waals surface area contributed by atoms with Crippen LogP contribution in [0.2, 0.25) is 5.15 Å². The highest BCUT2D eigenvalue weighted by Crippen LogP contribution is 2.26. The summed E-state index contributed by atoms with van der Waals surface area (Å²) in [6.07, 6.45) is 2.66. The summed E-state index contributed by atoms with van der Waals surface area (Å²) in [6.45, 7) is 2.25. The number of aromatic nitrogens is 2. The first-order chi connectivity index (χ1) is 7.15. The van der Waals surface area contributed by atoms with Gasteiger partial charge in [-0.3, -0.25) is 0 Å². The fourth-order valence-corrected chi connectivity index (χ4v) is 2.67. The van der Waals surface area contributed by atoms with Gasteiger partial charge in [-0.2, -0.15) is 0 Å². The van der Waals surface area contributed by atoms with Gasteiger partial charge in [-0.05, 0) is 12.7 Å². The standard InChI is InChI=1S/C9H13ClN2OS2/c1-6(3-4-13)15-8-5-7(10)11-9(12-8)14-2/h5-6,13H,3-4H2,1-2H3. The number of hydrogen-bond donors (Lipinski definition) is 1. The summed E-state index contributed by atoms with van der Waals surface area (Å²) in [5, 5.41) is 11.1. The second-order valence-corrected chi connectivity index (χ2v) is 5.58. The van der Waals surface area contributed by atoms with E-state index in [1.165, 1.54) is 11.8 Å². The van der Waals surface area contributed by atoms with Gasteiger partial charge >= 0.3 is 0 Å². The Bertz CT molecular complexity index is 325. The van der Waals surface area contributed by atoms with E-state index < -0.39 is 0 Å². The first-order valence-corrected chi connectivity index (χ1v) is 7.00. The number of aliphatic hydroxyl groups excluding tert-OH is 1. The minimum Gasteiger partial charge on any atom is -0.396 e. The SMILES string of the molecule is CSc1nc(Cl)cc(SC(C)CCO)n1. The zero-order valence-corrected chi connectivity index (χ0v) is 11.0. The minimum atomic E-state index is 0.197. The Morgan fingerprint density at radius 1 is 1.53 bits per heavy atom. The molecule has 0 fully saturated rings. The van der Waals surface area contributed by atoms with Crippen molar-refractivity contribution in [2.75, 3.05) is 12.9 Å². The van der Waals surface area contributed by atoms with Crippen molar-refractivity contribution in [2.45, 2.75) is 28.8 Å². The van der Waals surface area contributed by atoms with E-state index in [9.17, 15) is 0 Å². The lowest BCUT2D eigenvalue weighted by molar-refractivity contribution is 0.289. The molecule has 3 nitrogen and oxygen atoms in total. The van der Waals surface area contributed by atoms with Crippen molar-refractivity contribution in [3.8, 4) is 0 Å². The van der Waals surface area contributed by atoms with Gasteiger partial charge in [0.05, 0.1) is 0 Å². The second kappa shape index (κ2) is 6.58. The van der Waals surface area contributed by atoms with Crippen molar-refractivity contribution in [1.82, 2.24) is 9.97 Å². The average Bonchev–Trinajstić information content (AvgIpc) is 2.17. The quantitative estimate of drug-likeness (QED) is 0.503. The van der Waals surface area contributed by atoms with Crippen LogP contribution in [-0.2, 0) is 0 Å². The molecule has 0 radical (unpaired) electrons. The van der Waals surface area contributed by atoms with Crippen molar-refractivity contribution < 1.29 is 5.11 Å². The normalized spacial score (nSPS) is 12.8. The molecule has 0 spiro atoms. The van der Waals surface area contributed by atoms with Crippen LogP contribution in [0.15, 0.2) is 16.2 Å². The first-order valence-electron chi connectivity index (χ1n) is 4.51. The molecule has 15 heavy (non-hydrogen) atoms. The molecular weight excluding hydrogens is 252 g/mol.